The zero-order chi connectivity index (χ0) is 16.2. The Morgan fingerprint density at radius 3 is 3.17 bits per heavy atom. The molecule has 23 heavy (non-hydrogen) atoms. The largest absolute Gasteiger partial charge is 0.367 e. The van der Waals surface area contributed by atoms with Gasteiger partial charge in [0.15, 0.2) is 11.0 Å². The number of morpholine rings is 1. The summed E-state index contributed by atoms with van der Waals surface area (Å²) >= 11 is 1.45. The molecular formula is C14H20N6O2S. The molecule has 0 saturated carbocycles. The number of anilines is 1. The number of hydrogen-bond acceptors (Lipinski definition) is 7. The van der Waals surface area contributed by atoms with Crippen LogP contribution >= 0.6 is 11.3 Å². The molecule has 1 saturated heterocycles. The number of carbonyl (C=O) groups excluding carboxylic acids is 1. The predicted molar refractivity (Wildman–Crippen MR) is 86.4 cm³/mol. The molecule has 9 heteroatoms. The van der Waals surface area contributed by atoms with Gasteiger partial charge in [0.25, 0.3) is 0 Å². The molecule has 1 unspecified atom stereocenters. The number of nitrogens with zero attached hydrogens (tertiary/aromatic N) is 5. The third-order valence-electron chi connectivity index (χ3n) is 3.76. The summed E-state index contributed by atoms with van der Waals surface area (Å²) in [7, 11) is 1.75. The average molecular weight is 336 g/mol. The van der Waals surface area contributed by atoms with Gasteiger partial charge >= 0.3 is 0 Å². The standard InChI is InChI=1S/C14H20N6O2S/c1-3-11-16-13(18-17-11)10-8-20(5-6-22-10)9-12(21)19(2)14-15-4-7-23-14/h4,7,10H,3,5-6,8-9H2,1-2H3,(H,16,17,18). The summed E-state index contributed by atoms with van der Waals surface area (Å²) in [4.78, 5) is 24.6. The van der Waals surface area contributed by atoms with Gasteiger partial charge in [0, 0.05) is 38.1 Å². The minimum absolute atomic E-state index is 0.0184. The smallest absolute Gasteiger partial charge is 0.242 e. The summed E-state index contributed by atoms with van der Waals surface area (Å²) in [6.07, 6.45) is 2.31. The molecule has 0 radical (unpaired) electrons. The van der Waals surface area contributed by atoms with E-state index in [1.807, 2.05) is 12.3 Å². The molecule has 8 nitrogen and oxygen atoms in total. The van der Waals surface area contributed by atoms with E-state index in [0.717, 1.165) is 18.8 Å². The van der Waals surface area contributed by atoms with Crippen molar-refractivity contribution in [1.82, 2.24) is 25.1 Å². The molecule has 1 fully saturated rings. The van der Waals surface area contributed by atoms with Crippen LogP contribution in [0.15, 0.2) is 11.6 Å². The van der Waals surface area contributed by atoms with Gasteiger partial charge in [-0.2, -0.15) is 5.10 Å². The van der Waals surface area contributed by atoms with Gasteiger partial charge in [-0.1, -0.05) is 6.92 Å². The molecule has 0 aliphatic carbocycles. The van der Waals surface area contributed by atoms with Crippen molar-refractivity contribution in [2.45, 2.75) is 19.4 Å². The van der Waals surface area contributed by atoms with E-state index in [-0.39, 0.29) is 12.0 Å². The molecule has 1 aliphatic rings. The average Bonchev–Trinajstić information content (AvgIpc) is 3.25. The van der Waals surface area contributed by atoms with E-state index in [1.165, 1.54) is 11.3 Å². The highest BCUT2D eigenvalue weighted by Gasteiger charge is 2.27. The molecule has 2 aromatic rings. The van der Waals surface area contributed by atoms with Crippen molar-refractivity contribution >= 4 is 22.4 Å². The van der Waals surface area contributed by atoms with Crippen LogP contribution in [0.5, 0.6) is 0 Å². The van der Waals surface area contributed by atoms with Crippen molar-refractivity contribution in [2.24, 2.45) is 0 Å². The maximum absolute atomic E-state index is 12.4. The number of amides is 1. The number of ether oxygens (including phenoxy) is 1. The summed E-state index contributed by atoms with van der Waals surface area (Å²) in [5.74, 6) is 1.53. The number of likely N-dealkylation sites (N-methyl/N-ethyl adjacent to an activating group) is 1. The summed E-state index contributed by atoms with van der Waals surface area (Å²) in [6.45, 7) is 4.25. The lowest BCUT2D eigenvalue weighted by atomic mass is 10.2. The second-order valence-corrected chi connectivity index (χ2v) is 6.23. The first kappa shape index (κ1) is 16.0. The monoisotopic (exact) mass is 336 g/mol. The number of rotatable bonds is 5. The topological polar surface area (TPSA) is 87.2 Å². The minimum atomic E-state index is -0.196. The quantitative estimate of drug-likeness (QED) is 0.871. The first-order valence-electron chi connectivity index (χ1n) is 7.58. The zero-order valence-electron chi connectivity index (χ0n) is 13.2. The van der Waals surface area contributed by atoms with E-state index in [1.54, 1.807) is 18.1 Å². The summed E-state index contributed by atoms with van der Waals surface area (Å²) in [6, 6.07) is 0. The van der Waals surface area contributed by atoms with Crippen molar-refractivity contribution in [3.8, 4) is 0 Å². The molecule has 0 bridgehead atoms. The Hall–Kier alpha value is -1.84. The lowest BCUT2D eigenvalue weighted by molar-refractivity contribution is -0.121. The number of aryl methyl sites for hydroxylation is 1. The van der Waals surface area contributed by atoms with Gasteiger partial charge < -0.3 is 4.74 Å². The first-order chi connectivity index (χ1) is 11.2. The number of hydrogen-bond donors (Lipinski definition) is 1. The highest BCUT2D eigenvalue weighted by molar-refractivity contribution is 7.13. The number of nitrogens with one attached hydrogen (secondary N) is 1. The lowest BCUT2D eigenvalue weighted by Crippen LogP contribution is -2.45. The van der Waals surface area contributed by atoms with Crippen LogP contribution in [-0.2, 0) is 16.0 Å². The van der Waals surface area contributed by atoms with Crippen LogP contribution in [0.25, 0.3) is 0 Å². The Morgan fingerprint density at radius 2 is 2.48 bits per heavy atom. The molecule has 2 aromatic heterocycles. The van der Waals surface area contributed by atoms with Crippen molar-refractivity contribution < 1.29 is 9.53 Å². The van der Waals surface area contributed by atoms with Crippen LogP contribution in [0.4, 0.5) is 5.13 Å². The van der Waals surface area contributed by atoms with Crippen LogP contribution < -0.4 is 4.90 Å². The fraction of sp³-hybridized carbons (Fsp3) is 0.571. The van der Waals surface area contributed by atoms with Crippen molar-refractivity contribution in [1.29, 1.82) is 0 Å². The first-order valence-corrected chi connectivity index (χ1v) is 8.46. The SMILES string of the molecule is CCc1nc(C2CN(CC(=O)N(C)c3nccs3)CCO2)n[nH]1. The van der Waals surface area contributed by atoms with Crippen molar-refractivity contribution in [3.63, 3.8) is 0 Å². The molecule has 1 aliphatic heterocycles. The second-order valence-electron chi connectivity index (χ2n) is 5.36. The van der Waals surface area contributed by atoms with E-state index in [9.17, 15) is 4.79 Å². The number of thiazole rings is 1. The number of H-pyrrole nitrogens is 1. The molecule has 1 amide bonds. The van der Waals surface area contributed by atoms with E-state index < -0.39 is 0 Å². The van der Waals surface area contributed by atoms with Crippen molar-refractivity contribution in [2.75, 3.05) is 38.2 Å². The Bertz CT molecular complexity index is 643. The van der Waals surface area contributed by atoms with Crippen molar-refractivity contribution in [3.05, 3.63) is 23.2 Å². The minimum Gasteiger partial charge on any atom is -0.367 e. The molecule has 124 valence electrons. The van der Waals surface area contributed by atoms with E-state index in [4.69, 9.17) is 4.74 Å². The molecule has 1 atom stereocenters. The Labute approximate surface area is 138 Å². The maximum atomic E-state index is 12.4. The highest BCUT2D eigenvalue weighted by atomic mass is 32.1. The predicted octanol–water partition coefficient (Wildman–Crippen LogP) is 0.860. The van der Waals surface area contributed by atoms with Gasteiger partial charge in [0.05, 0.1) is 13.2 Å². The molecule has 3 rings (SSSR count). The second kappa shape index (κ2) is 7.16. The zero-order valence-corrected chi connectivity index (χ0v) is 14.0. The fourth-order valence-electron chi connectivity index (χ4n) is 2.40. The van der Waals surface area contributed by atoms with Crippen LogP contribution in [0.2, 0.25) is 0 Å². The molecule has 3 heterocycles. The van der Waals surface area contributed by atoms with Crippen LogP contribution in [0.1, 0.15) is 24.7 Å². The van der Waals surface area contributed by atoms with Gasteiger partial charge in [-0.05, 0) is 0 Å². The molecule has 0 aromatic carbocycles. The Morgan fingerprint density at radius 1 is 1.61 bits per heavy atom. The lowest BCUT2D eigenvalue weighted by Gasteiger charge is -2.31. The third kappa shape index (κ3) is 3.74. The molecule has 0 spiro atoms. The molecular weight excluding hydrogens is 316 g/mol. The van der Waals surface area contributed by atoms with E-state index in [0.29, 0.717) is 30.7 Å². The normalized spacial score (nSPS) is 19.0. The highest BCUT2D eigenvalue weighted by Crippen LogP contribution is 2.20. The third-order valence-corrected chi connectivity index (χ3v) is 4.61. The maximum Gasteiger partial charge on any atom is 0.242 e. The number of carbonyl (C=O) groups is 1. The van der Waals surface area contributed by atoms with Gasteiger partial charge in [-0.3, -0.25) is 19.7 Å². The van der Waals surface area contributed by atoms with E-state index in [2.05, 4.69) is 25.1 Å². The Balaban J connectivity index is 1.59. The summed E-state index contributed by atoms with van der Waals surface area (Å²) < 4.78 is 5.74. The number of aromatic nitrogens is 4. The van der Waals surface area contributed by atoms with Crippen LogP contribution in [0, 0.1) is 0 Å². The van der Waals surface area contributed by atoms with E-state index >= 15 is 0 Å². The molecule has 1 N–H and O–H groups in total. The Kier molecular flexibility index (Phi) is 4.99. The number of aromatic amines is 1. The summed E-state index contributed by atoms with van der Waals surface area (Å²) in [5, 5.41) is 9.68. The fourth-order valence-corrected chi connectivity index (χ4v) is 3.03. The van der Waals surface area contributed by atoms with Gasteiger partial charge in [-0.15, -0.1) is 11.3 Å². The van der Waals surface area contributed by atoms with Crippen LogP contribution in [0.3, 0.4) is 0 Å². The van der Waals surface area contributed by atoms with Crippen LogP contribution in [-0.4, -0.2) is 64.3 Å². The summed E-state index contributed by atoms with van der Waals surface area (Å²) in [5.41, 5.74) is 0. The van der Waals surface area contributed by atoms with Gasteiger partial charge in [0.2, 0.25) is 5.91 Å². The van der Waals surface area contributed by atoms with Gasteiger partial charge in [0.1, 0.15) is 11.9 Å². The van der Waals surface area contributed by atoms with Gasteiger partial charge in [-0.25, -0.2) is 9.97 Å².